The largest absolute Gasteiger partial charge is 0.366 e. The molecule has 0 aromatic heterocycles. The highest BCUT2D eigenvalue weighted by molar-refractivity contribution is 6.11. The molecule has 0 fully saturated rings. The predicted octanol–water partition coefficient (Wildman–Crippen LogP) is 1.15. The van der Waals surface area contributed by atoms with Gasteiger partial charge in [-0.3, -0.25) is 9.59 Å². The zero-order valence-corrected chi connectivity index (χ0v) is 6.99. The minimum absolute atomic E-state index is 0.229. The summed E-state index contributed by atoms with van der Waals surface area (Å²) in [7, 11) is 0. The first kappa shape index (κ1) is 9.19. The van der Waals surface area contributed by atoms with Crippen molar-refractivity contribution >= 4 is 11.7 Å². The Kier molecular flexibility index (Phi) is 2.59. The van der Waals surface area contributed by atoms with Gasteiger partial charge >= 0.3 is 0 Å². The third kappa shape index (κ3) is 1.82. The zero-order valence-electron chi connectivity index (χ0n) is 6.99. The van der Waals surface area contributed by atoms with Crippen molar-refractivity contribution in [2.45, 2.75) is 0 Å². The second-order valence-corrected chi connectivity index (χ2v) is 2.48. The number of allylic oxidation sites excluding steroid dienone is 1. The van der Waals surface area contributed by atoms with E-state index in [1.165, 1.54) is 6.07 Å². The lowest BCUT2D eigenvalue weighted by Crippen LogP contribution is -2.15. The van der Waals surface area contributed by atoms with Crippen LogP contribution in [0.1, 0.15) is 20.7 Å². The number of rotatable bonds is 3. The predicted molar refractivity (Wildman–Crippen MR) is 49.5 cm³/mol. The quantitative estimate of drug-likeness (QED) is 0.553. The SMILES string of the molecule is C=CC(=O)c1ccccc1C(N)=O. The molecule has 0 saturated heterocycles. The summed E-state index contributed by atoms with van der Waals surface area (Å²) >= 11 is 0. The molecule has 0 saturated carbocycles. The molecule has 2 N–H and O–H groups in total. The fraction of sp³-hybridized carbons (Fsp3) is 0. The molecule has 13 heavy (non-hydrogen) atoms. The van der Waals surface area contributed by atoms with Crippen LogP contribution in [0.3, 0.4) is 0 Å². The molecule has 0 heterocycles. The highest BCUT2D eigenvalue weighted by Crippen LogP contribution is 2.08. The summed E-state index contributed by atoms with van der Waals surface area (Å²) in [5, 5.41) is 0. The van der Waals surface area contributed by atoms with Crippen LogP contribution in [0, 0.1) is 0 Å². The summed E-state index contributed by atoms with van der Waals surface area (Å²) in [5.41, 5.74) is 5.61. The Labute approximate surface area is 75.9 Å². The maximum atomic E-state index is 11.2. The summed E-state index contributed by atoms with van der Waals surface area (Å²) in [6, 6.07) is 6.38. The molecular weight excluding hydrogens is 166 g/mol. The van der Waals surface area contributed by atoms with Gasteiger partial charge in [-0.05, 0) is 12.1 Å². The number of benzene rings is 1. The molecule has 0 aliphatic heterocycles. The molecule has 1 aromatic carbocycles. The molecular formula is C10H9NO2. The van der Waals surface area contributed by atoms with E-state index < -0.39 is 5.91 Å². The van der Waals surface area contributed by atoms with Crippen molar-refractivity contribution in [3.63, 3.8) is 0 Å². The zero-order chi connectivity index (χ0) is 9.84. The summed E-state index contributed by atoms with van der Waals surface area (Å²) in [4.78, 5) is 22.1. The normalized spacial score (nSPS) is 9.23. The number of carbonyl (C=O) groups excluding carboxylic acids is 2. The van der Waals surface area contributed by atoms with Crippen LogP contribution in [-0.2, 0) is 0 Å². The Morgan fingerprint density at radius 3 is 2.23 bits per heavy atom. The fourth-order valence-electron chi connectivity index (χ4n) is 1.02. The van der Waals surface area contributed by atoms with Crippen LogP contribution in [0.2, 0.25) is 0 Å². The van der Waals surface area contributed by atoms with Crippen molar-refractivity contribution in [1.82, 2.24) is 0 Å². The molecule has 1 amide bonds. The second-order valence-electron chi connectivity index (χ2n) is 2.48. The molecule has 0 bridgehead atoms. The molecule has 0 radical (unpaired) electrons. The molecule has 66 valence electrons. The van der Waals surface area contributed by atoms with E-state index in [-0.39, 0.29) is 11.3 Å². The lowest BCUT2D eigenvalue weighted by Gasteiger charge is -2.01. The van der Waals surface area contributed by atoms with E-state index in [0.717, 1.165) is 6.08 Å². The van der Waals surface area contributed by atoms with Gasteiger partial charge in [0.25, 0.3) is 0 Å². The van der Waals surface area contributed by atoms with Crippen LogP contribution < -0.4 is 5.73 Å². The number of hydrogen-bond donors (Lipinski definition) is 1. The average molecular weight is 175 g/mol. The minimum Gasteiger partial charge on any atom is -0.366 e. The summed E-state index contributed by atoms with van der Waals surface area (Å²) in [5.74, 6) is -0.903. The molecule has 3 heteroatoms. The molecule has 0 aliphatic carbocycles. The van der Waals surface area contributed by atoms with Crippen LogP contribution in [0.15, 0.2) is 36.9 Å². The van der Waals surface area contributed by atoms with Gasteiger partial charge < -0.3 is 5.73 Å². The molecule has 0 unspecified atom stereocenters. The van der Waals surface area contributed by atoms with E-state index in [9.17, 15) is 9.59 Å². The molecule has 1 rings (SSSR count). The molecule has 0 aliphatic rings. The molecule has 0 atom stereocenters. The van der Waals surface area contributed by atoms with E-state index in [4.69, 9.17) is 5.73 Å². The van der Waals surface area contributed by atoms with Crippen molar-refractivity contribution in [2.75, 3.05) is 0 Å². The highest BCUT2D eigenvalue weighted by atomic mass is 16.1. The van der Waals surface area contributed by atoms with Gasteiger partial charge in [0.15, 0.2) is 5.78 Å². The number of ketones is 1. The summed E-state index contributed by atoms with van der Waals surface area (Å²) in [6.07, 6.45) is 1.15. The molecule has 1 aromatic rings. The van der Waals surface area contributed by atoms with Crippen LogP contribution >= 0.6 is 0 Å². The molecule has 0 spiro atoms. The minimum atomic E-state index is -0.606. The average Bonchev–Trinajstić information content (AvgIpc) is 2.16. The summed E-state index contributed by atoms with van der Waals surface area (Å²) < 4.78 is 0. The highest BCUT2D eigenvalue weighted by Gasteiger charge is 2.10. The van der Waals surface area contributed by atoms with Gasteiger partial charge in [-0.25, -0.2) is 0 Å². The third-order valence-electron chi connectivity index (χ3n) is 1.64. The molecule has 3 nitrogen and oxygen atoms in total. The van der Waals surface area contributed by atoms with Crippen molar-refractivity contribution in [3.05, 3.63) is 48.0 Å². The van der Waals surface area contributed by atoms with Crippen molar-refractivity contribution in [3.8, 4) is 0 Å². The first-order chi connectivity index (χ1) is 6.16. The van der Waals surface area contributed by atoms with Crippen LogP contribution in [-0.4, -0.2) is 11.7 Å². The Morgan fingerprint density at radius 1 is 1.23 bits per heavy atom. The lowest BCUT2D eigenvalue weighted by molar-refractivity contribution is 0.0983. The number of carbonyl (C=O) groups is 2. The second kappa shape index (κ2) is 3.67. The van der Waals surface area contributed by atoms with Crippen LogP contribution in [0.4, 0.5) is 0 Å². The first-order valence-electron chi connectivity index (χ1n) is 3.72. The summed E-state index contributed by atoms with van der Waals surface area (Å²) in [6.45, 7) is 3.34. The van der Waals surface area contributed by atoms with Crippen LogP contribution in [0.25, 0.3) is 0 Å². The van der Waals surface area contributed by atoms with Crippen LogP contribution in [0.5, 0.6) is 0 Å². The van der Waals surface area contributed by atoms with E-state index in [1.807, 2.05) is 0 Å². The third-order valence-corrected chi connectivity index (χ3v) is 1.64. The monoisotopic (exact) mass is 175 g/mol. The number of amides is 1. The van der Waals surface area contributed by atoms with Crippen molar-refractivity contribution < 1.29 is 9.59 Å². The van der Waals surface area contributed by atoms with E-state index in [2.05, 4.69) is 6.58 Å². The number of primary amides is 1. The fourth-order valence-corrected chi connectivity index (χ4v) is 1.02. The van der Waals surface area contributed by atoms with E-state index in [1.54, 1.807) is 18.2 Å². The van der Waals surface area contributed by atoms with Gasteiger partial charge in [-0.2, -0.15) is 0 Å². The Bertz CT molecular complexity index is 369. The standard InChI is InChI=1S/C10H9NO2/c1-2-9(12)7-5-3-4-6-8(7)10(11)13/h2-6H,1H2,(H2,11,13). The topological polar surface area (TPSA) is 60.2 Å². The van der Waals surface area contributed by atoms with E-state index >= 15 is 0 Å². The number of hydrogen-bond acceptors (Lipinski definition) is 2. The van der Waals surface area contributed by atoms with Gasteiger partial charge in [0.1, 0.15) is 0 Å². The maximum Gasteiger partial charge on any atom is 0.249 e. The number of nitrogens with two attached hydrogens (primary N) is 1. The lowest BCUT2D eigenvalue weighted by atomic mass is 10.0. The maximum absolute atomic E-state index is 11.2. The Balaban J connectivity index is 3.27. The Morgan fingerprint density at radius 2 is 1.77 bits per heavy atom. The smallest absolute Gasteiger partial charge is 0.249 e. The van der Waals surface area contributed by atoms with Gasteiger partial charge in [-0.1, -0.05) is 24.8 Å². The van der Waals surface area contributed by atoms with Gasteiger partial charge in [-0.15, -0.1) is 0 Å². The van der Waals surface area contributed by atoms with Gasteiger partial charge in [0.05, 0.1) is 5.56 Å². The van der Waals surface area contributed by atoms with Crippen molar-refractivity contribution in [1.29, 1.82) is 0 Å². The van der Waals surface area contributed by atoms with Gasteiger partial charge in [0, 0.05) is 5.56 Å². The Hall–Kier alpha value is -1.90. The first-order valence-corrected chi connectivity index (χ1v) is 3.72. The van der Waals surface area contributed by atoms with E-state index in [0.29, 0.717) is 5.56 Å². The van der Waals surface area contributed by atoms with Crippen molar-refractivity contribution in [2.24, 2.45) is 5.73 Å². The van der Waals surface area contributed by atoms with Gasteiger partial charge in [0.2, 0.25) is 5.91 Å².